The van der Waals surface area contributed by atoms with Crippen molar-refractivity contribution in [1.29, 1.82) is 0 Å². The Bertz CT molecular complexity index is 832. The first-order valence-corrected chi connectivity index (χ1v) is 9.87. The van der Waals surface area contributed by atoms with Gasteiger partial charge in [-0.1, -0.05) is 37.5 Å². The number of carbonyl (C=O) groups excluding carboxylic acids is 1. The van der Waals surface area contributed by atoms with Gasteiger partial charge < -0.3 is 5.32 Å². The van der Waals surface area contributed by atoms with Crippen molar-refractivity contribution in [2.75, 3.05) is 5.32 Å². The predicted octanol–water partition coefficient (Wildman–Crippen LogP) is 2.94. The number of para-hydroxylation sites is 1. The molecule has 0 radical (unpaired) electrons. The first-order valence-electron chi connectivity index (χ1n) is 8.38. The van der Waals surface area contributed by atoms with Crippen molar-refractivity contribution in [3.63, 3.8) is 0 Å². The van der Waals surface area contributed by atoms with Crippen LogP contribution < -0.4 is 10.0 Å². The number of sulfonamides is 1. The fourth-order valence-corrected chi connectivity index (χ4v) is 4.21. The second kappa shape index (κ2) is 7.76. The molecule has 1 heterocycles. The van der Waals surface area contributed by atoms with E-state index in [-0.39, 0.29) is 16.5 Å². The Morgan fingerprint density at radius 2 is 1.76 bits per heavy atom. The normalized spacial score (nSPS) is 15.7. The van der Waals surface area contributed by atoms with Gasteiger partial charge in [0.25, 0.3) is 5.91 Å². The number of pyridine rings is 1. The highest BCUT2D eigenvalue weighted by atomic mass is 32.2. The summed E-state index contributed by atoms with van der Waals surface area (Å²) in [6, 6.07) is 10.3. The molecule has 0 bridgehead atoms. The largest absolute Gasteiger partial charge is 0.322 e. The Labute approximate surface area is 147 Å². The molecule has 2 N–H and O–H groups in total. The highest BCUT2D eigenvalue weighted by Gasteiger charge is 2.23. The van der Waals surface area contributed by atoms with Gasteiger partial charge in [0.2, 0.25) is 10.0 Å². The summed E-state index contributed by atoms with van der Waals surface area (Å²) in [5.41, 5.74) is 0.844. The van der Waals surface area contributed by atoms with Crippen LogP contribution in [0, 0.1) is 0 Å². The Balaban J connectivity index is 1.75. The minimum atomic E-state index is -3.68. The van der Waals surface area contributed by atoms with Gasteiger partial charge in [-0.25, -0.2) is 13.1 Å². The molecule has 0 aliphatic heterocycles. The highest BCUT2D eigenvalue weighted by Crippen LogP contribution is 2.20. The van der Waals surface area contributed by atoms with Crippen LogP contribution in [0.2, 0.25) is 0 Å². The Hall–Kier alpha value is -2.25. The van der Waals surface area contributed by atoms with Gasteiger partial charge in [-0.15, -0.1) is 0 Å². The van der Waals surface area contributed by atoms with Crippen LogP contribution in [0.5, 0.6) is 0 Å². The zero-order valence-electron chi connectivity index (χ0n) is 13.8. The molecule has 1 fully saturated rings. The van der Waals surface area contributed by atoms with E-state index < -0.39 is 15.9 Å². The number of benzene rings is 1. The molecule has 1 aliphatic carbocycles. The third kappa shape index (κ3) is 4.64. The number of nitrogens with zero attached hydrogens (tertiary/aromatic N) is 1. The maximum atomic E-state index is 12.6. The van der Waals surface area contributed by atoms with Gasteiger partial charge in [0, 0.05) is 24.1 Å². The molecule has 1 aliphatic rings. The lowest BCUT2D eigenvalue weighted by Crippen LogP contribution is -2.36. The van der Waals surface area contributed by atoms with Crippen LogP contribution in [-0.4, -0.2) is 25.4 Å². The molecule has 2 aromatic rings. The predicted molar refractivity (Wildman–Crippen MR) is 95.8 cm³/mol. The van der Waals surface area contributed by atoms with E-state index in [0.29, 0.717) is 5.69 Å². The quantitative estimate of drug-likeness (QED) is 0.859. The molecule has 6 nitrogen and oxygen atoms in total. The second-order valence-electron chi connectivity index (χ2n) is 6.19. The number of aromatic nitrogens is 1. The van der Waals surface area contributed by atoms with E-state index in [2.05, 4.69) is 15.0 Å². The molecule has 1 aromatic heterocycles. The van der Waals surface area contributed by atoms with Crippen molar-refractivity contribution in [3.05, 3.63) is 54.4 Å². The van der Waals surface area contributed by atoms with Gasteiger partial charge >= 0.3 is 0 Å². The van der Waals surface area contributed by atoms with Gasteiger partial charge in [0.15, 0.2) is 0 Å². The number of hydrogen-bond donors (Lipinski definition) is 2. The number of carbonyl (C=O) groups is 1. The minimum Gasteiger partial charge on any atom is -0.322 e. The van der Waals surface area contributed by atoms with Gasteiger partial charge in [0.05, 0.1) is 5.56 Å². The van der Waals surface area contributed by atoms with E-state index in [1.165, 1.54) is 18.5 Å². The van der Waals surface area contributed by atoms with Crippen molar-refractivity contribution in [2.45, 2.75) is 43.0 Å². The number of anilines is 1. The number of hydrogen-bond acceptors (Lipinski definition) is 4. The molecule has 0 unspecified atom stereocenters. The average Bonchev–Trinajstić information content (AvgIpc) is 2.63. The Morgan fingerprint density at radius 3 is 2.48 bits per heavy atom. The van der Waals surface area contributed by atoms with Crippen molar-refractivity contribution < 1.29 is 13.2 Å². The summed E-state index contributed by atoms with van der Waals surface area (Å²) in [6.07, 6.45) is 7.54. The summed E-state index contributed by atoms with van der Waals surface area (Å²) in [5.74, 6) is -0.395. The van der Waals surface area contributed by atoms with Crippen LogP contribution in [-0.2, 0) is 10.0 Å². The molecule has 132 valence electrons. The van der Waals surface area contributed by atoms with Crippen molar-refractivity contribution in [1.82, 2.24) is 9.71 Å². The first kappa shape index (κ1) is 17.6. The average molecular weight is 359 g/mol. The third-order valence-electron chi connectivity index (χ3n) is 4.24. The van der Waals surface area contributed by atoms with Crippen LogP contribution in [0.4, 0.5) is 5.69 Å². The van der Waals surface area contributed by atoms with Crippen LogP contribution in [0.3, 0.4) is 0 Å². The van der Waals surface area contributed by atoms with Crippen molar-refractivity contribution in [2.24, 2.45) is 0 Å². The van der Waals surface area contributed by atoms with Crippen molar-refractivity contribution in [3.8, 4) is 0 Å². The monoisotopic (exact) mass is 359 g/mol. The van der Waals surface area contributed by atoms with Gasteiger partial charge in [-0.05, 0) is 31.0 Å². The number of amides is 1. The Kier molecular flexibility index (Phi) is 5.45. The first-order chi connectivity index (χ1) is 12.0. The van der Waals surface area contributed by atoms with Crippen molar-refractivity contribution >= 4 is 21.6 Å². The van der Waals surface area contributed by atoms with E-state index in [1.807, 2.05) is 18.2 Å². The summed E-state index contributed by atoms with van der Waals surface area (Å²) >= 11 is 0. The minimum absolute atomic E-state index is 0.0128. The van der Waals surface area contributed by atoms with Crippen LogP contribution in [0.1, 0.15) is 42.5 Å². The third-order valence-corrected chi connectivity index (χ3v) is 5.73. The van der Waals surface area contributed by atoms with Crippen LogP contribution in [0.15, 0.2) is 53.7 Å². The molecule has 3 rings (SSSR count). The summed E-state index contributed by atoms with van der Waals surface area (Å²) in [6.45, 7) is 0. The molecular formula is C18H21N3O3S. The smallest absolute Gasteiger partial charge is 0.257 e. The van der Waals surface area contributed by atoms with Gasteiger partial charge in [0.1, 0.15) is 4.90 Å². The SMILES string of the molecule is O=C(Nc1ccccc1)c1cncc(S(=O)(=O)NC2CCCCC2)c1. The van der Waals surface area contributed by atoms with E-state index in [4.69, 9.17) is 0 Å². The molecule has 1 amide bonds. The summed E-state index contributed by atoms with van der Waals surface area (Å²) in [4.78, 5) is 16.3. The number of rotatable bonds is 5. The fraction of sp³-hybridized carbons (Fsp3) is 0.333. The second-order valence-corrected chi connectivity index (χ2v) is 7.90. The summed E-state index contributed by atoms with van der Waals surface area (Å²) < 4.78 is 27.8. The van der Waals surface area contributed by atoms with E-state index in [0.717, 1.165) is 32.1 Å². The lowest BCUT2D eigenvalue weighted by Gasteiger charge is -2.22. The molecule has 25 heavy (non-hydrogen) atoms. The molecule has 0 spiro atoms. The highest BCUT2D eigenvalue weighted by molar-refractivity contribution is 7.89. The van der Waals surface area contributed by atoms with E-state index in [1.54, 1.807) is 12.1 Å². The molecule has 7 heteroatoms. The molecular weight excluding hydrogens is 338 g/mol. The standard InChI is InChI=1S/C18H21N3O3S/c22-18(20-15-7-3-1-4-8-15)14-11-17(13-19-12-14)25(23,24)21-16-9-5-2-6-10-16/h1,3-4,7-8,11-13,16,21H,2,5-6,9-10H2,(H,20,22). The van der Waals surface area contributed by atoms with E-state index in [9.17, 15) is 13.2 Å². The molecule has 0 atom stereocenters. The van der Waals surface area contributed by atoms with Crippen LogP contribution >= 0.6 is 0 Å². The zero-order chi connectivity index (χ0) is 17.7. The molecule has 0 saturated heterocycles. The van der Waals surface area contributed by atoms with Gasteiger partial charge in [-0.2, -0.15) is 0 Å². The van der Waals surface area contributed by atoms with Gasteiger partial charge in [-0.3, -0.25) is 9.78 Å². The lowest BCUT2D eigenvalue weighted by atomic mass is 9.96. The summed E-state index contributed by atoms with van der Waals surface area (Å²) in [7, 11) is -3.68. The maximum absolute atomic E-state index is 12.6. The van der Waals surface area contributed by atoms with Crippen LogP contribution in [0.25, 0.3) is 0 Å². The Morgan fingerprint density at radius 1 is 1.04 bits per heavy atom. The fourth-order valence-electron chi connectivity index (χ4n) is 2.92. The maximum Gasteiger partial charge on any atom is 0.257 e. The zero-order valence-corrected chi connectivity index (χ0v) is 14.6. The number of nitrogens with one attached hydrogen (secondary N) is 2. The topological polar surface area (TPSA) is 88.2 Å². The van der Waals surface area contributed by atoms with E-state index >= 15 is 0 Å². The molecule has 1 saturated carbocycles. The summed E-state index contributed by atoms with van der Waals surface area (Å²) in [5, 5.41) is 2.72. The molecule has 1 aromatic carbocycles. The lowest BCUT2D eigenvalue weighted by molar-refractivity contribution is 0.102.